The molecule has 0 aromatic carbocycles. The molecular weight excluding hydrogens is 251 g/mol. The van der Waals surface area contributed by atoms with Crippen molar-refractivity contribution in [3.63, 3.8) is 0 Å². The highest BCUT2D eigenvalue weighted by molar-refractivity contribution is 4.81. The maximum atomic E-state index is 12.2. The minimum absolute atomic E-state index is 0.171. The molecule has 1 saturated heterocycles. The van der Waals surface area contributed by atoms with Gasteiger partial charge in [-0.3, -0.25) is 0 Å². The lowest BCUT2D eigenvalue weighted by Gasteiger charge is -2.39. The Hall–Kier alpha value is -0.250. The molecule has 0 N–H and O–H groups in total. The summed E-state index contributed by atoms with van der Waals surface area (Å²) in [5.41, 5.74) is 0. The molecule has 0 spiro atoms. The molecule has 114 valence electrons. The van der Waals surface area contributed by atoms with Gasteiger partial charge in [0.2, 0.25) is 0 Å². The summed E-state index contributed by atoms with van der Waals surface area (Å²) in [5, 5.41) is 0. The number of hydrogen-bond acceptors (Lipinski definition) is 1. The zero-order valence-electron chi connectivity index (χ0n) is 12.6. The molecule has 19 heavy (non-hydrogen) atoms. The Morgan fingerprint density at radius 1 is 1.00 bits per heavy atom. The van der Waals surface area contributed by atoms with Crippen LogP contribution in [0.3, 0.4) is 0 Å². The summed E-state index contributed by atoms with van der Waals surface area (Å²) in [4.78, 5) is 1.97. The van der Waals surface area contributed by atoms with E-state index < -0.39 is 12.6 Å². The van der Waals surface area contributed by atoms with Crippen LogP contribution >= 0.6 is 0 Å². The Morgan fingerprint density at radius 2 is 1.47 bits per heavy atom. The number of piperidine rings is 1. The van der Waals surface area contributed by atoms with Gasteiger partial charge in [-0.05, 0) is 49.6 Å². The van der Waals surface area contributed by atoms with Gasteiger partial charge in [-0.1, -0.05) is 27.7 Å². The van der Waals surface area contributed by atoms with Gasteiger partial charge in [0.25, 0.3) is 0 Å². The fraction of sp³-hybridized carbons (Fsp3) is 1.00. The number of rotatable bonds is 5. The maximum Gasteiger partial charge on any atom is 0.390 e. The van der Waals surface area contributed by atoms with Crippen molar-refractivity contribution in [2.75, 3.05) is 19.6 Å². The van der Waals surface area contributed by atoms with Gasteiger partial charge < -0.3 is 4.90 Å². The molecule has 1 aliphatic rings. The van der Waals surface area contributed by atoms with Gasteiger partial charge in [-0.15, -0.1) is 0 Å². The van der Waals surface area contributed by atoms with Gasteiger partial charge in [0, 0.05) is 6.54 Å². The largest absolute Gasteiger partial charge is 0.390 e. The molecule has 1 heterocycles. The van der Waals surface area contributed by atoms with Crippen LogP contribution in [0.25, 0.3) is 0 Å². The summed E-state index contributed by atoms with van der Waals surface area (Å²) >= 11 is 0. The Morgan fingerprint density at radius 3 is 1.84 bits per heavy atom. The molecule has 1 aliphatic heterocycles. The predicted molar refractivity (Wildman–Crippen MR) is 73.0 cm³/mol. The van der Waals surface area contributed by atoms with Crippen molar-refractivity contribution in [1.29, 1.82) is 0 Å². The van der Waals surface area contributed by atoms with E-state index in [1.54, 1.807) is 0 Å². The molecule has 4 heteroatoms. The molecule has 1 fully saturated rings. The summed E-state index contributed by atoms with van der Waals surface area (Å²) in [5.74, 6) is 2.70. The first-order chi connectivity index (χ1) is 8.70. The van der Waals surface area contributed by atoms with Crippen molar-refractivity contribution < 1.29 is 13.2 Å². The van der Waals surface area contributed by atoms with Crippen LogP contribution in [0.1, 0.15) is 47.0 Å². The standard InChI is InChI=1S/C15H28F3N/c1-11(2)14(12(3)4)13-5-8-19(9-6-13)10-7-15(16,17)18/h11-14H,5-10H2,1-4H3. The number of hydrogen-bond donors (Lipinski definition) is 0. The van der Waals surface area contributed by atoms with E-state index >= 15 is 0 Å². The third-order valence-corrected chi connectivity index (χ3v) is 4.43. The van der Waals surface area contributed by atoms with Crippen molar-refractivity contribution in [3.05, 3.63) is 0 Å². The molecule has 0 aromatic heterocycles. The first kappa shape index (κ1) is 16.8. The van der Waals surface area contributed by atoms with Gasteiger partial charge in [0.15, 0.2) is 0 Å². The highest BCUT2D eigenvalue weighted by Gasteiger charge is 2.32. The Kier molecular flexibility index (Phi) is 6.15. The Bertz CT molecular complexity index is 245. The van der Waals surface area contributed by atoms with Crippen LogP contribution in [0.5, 0.6) is 0 Å². The van der Waals surface area contributed by atoms with Gasteiger partial charge >= 0.3 is 6.18 Å². The van der Waals surface area contributed by atoms with E-state index in [1.165, 1.54) is 0 Å². The average Bonchev–Trinajstić information content (AvgIpc) is 2.26. The zero-order valence-corrected chi connectivity index (χ0v) is 12.6. The van der Waals surface area contributed by atoms with Gasteiger partial charge in [0.1, 0.15) is 0 Å². The van der Waals surface area contributed by atoms with Crippen molar-refractivity contribution in [2.24, 2.45) is 23.7 Å². The van der Waals surface area contributed by atoms with Gasteiger partial charge in [-0.25, -0.2) is 0 Å². The molecule has 0 saturated carbocycles. The molecular formula is C15H28F3N. The van der Waals surface area contributed by atoms with E-state index in [1.807, 2.05) is 4.90 Å². The molecule has 0 unspecified atom stereocenters. The van der Waals surface area contributed by atoms with E-state index in [-0.39, 0.29) is 6.54 Å². The highest BCUT2D eigenvalue weighted by Crippen LogP contribution is 2.35. The van der Waals surface area contributed by atoms with E-state index in [0.29, 0.717) is 23.7 Å². The van der Waals surface area contributed by atoms with Crippen LogP contribution in [0, 0.1) is 23.7 Å². The smallest absolute Gasteiger partial charge is 0.303 e. The molecule has 1 nitrogen and oxygen atoms in total. The van der Waals surface area contributed by atoms with Gasteiger partial charge in [-0.2, -0.15) is 13.2 Å². The molecule has 1 rings (SSSR count). The normalized spacial score (nSPS) is 19.9. The molecule has 0 aromatic rings. The van der Waals surface area contributed by atoms with Gasteiger partial charge in [0.05, 0.1) is 6.42 Å². The number of halogens is 3. The SMILES string of the molecule is CC(C)C(C(C)C)C1CCN(CCC(F)(F)F)CC1. The van der Waals surface area contributed by atoms with Crippen LogP contribution in [-0.4, -0.2) is 30.7 Å². The first-order valence-electron chi connectivity index (χ1n) is 7.50. The van der Waals surface area contributed by atoms with Crippen LogP contribution < -0.4 is 0 Å². The monoisotopic (exact) mass is 279 g/mol. The molecule has 0 amide bonds. The topological polar surface area (TPSA) is 3.24 Å². The minimum atomic E-state index is -4.02. The van der Waals surface area contributed by atoms with E-state index in [9.17, 15) is 13.2 Å². The Balaban J connectivity index is 2.39. The second kappa shape index (κ2) is 6.96. The summed E-state index contributed by atoms with van der Waals surface area (Å²) in [6, 6.07) is 0. The zero-order chi connectivity index (χ0) is 14.6. The summed E-state index contributed by atoms with van der Waals surface area (Å²) < 4.78 is 36.6. The highest BCUT2D eigenvalue weighted by atomic mass is 19.4. The average molecular weight is 279 g/mol. The number of nitrogens with zero attached hydrogens (tertiary/aromatic N) is 1. The first-order valence-corrected chi connectivity index (χ1v) is 7.50. The quantitative estimate of drug-likeness (QED) is 0.712. The summed E-state index contributed by atoms with van der Waals surface area (Å²) in [6.07, 6.45) is -2.58. The molecule has 0 aliphatic carbocycles. The number of alkyl halides is 3. The van der Waals surface area contributed by atoms with E-state index in [4.69, 9.17) is 0 Å². The van der Waals surface area contributed by atoms with Crippen LogP contribution in [-0.2, 0) is 0 Å². The van der Waals surface area contributed by atoms with Crippen LogP contribution in [0.2, 0.25) is 0 Å². The molecule has 0 atom stereocenters. The molecule has 0 radical (unpaired) electrons. The van der Waals surface area contributed by atoms with E-state index in [0.717, 1.165) is 25.9 Å². The fourth-order valence-corrected chi connectivity index (χ4v) is 3.70. The fourth-order valence-electron chi connectivity index (χ4n) is 3.70. The van der Waals surface area contributed by atoms with Crippen LogP contribution in [0.4, 0.5) is 13.2 Å². The second-order valence-electron chi connectivity index (χ2n) is 6.61. The second-order valence-corrected chi connectivity index (χ2v) is 6.61. The number of likely N-dealkylation sites (tertiary alicyclic amines) is 1. The lowest BCUT2D eigenvalue weighted by atomic mass is 9.72. The molecule has 0 bridgehead atoms. The lowest BCUT2D eigenvalue weighted by molar-refractivity contribution is -0.138. The van der Waals surface area contributed by atoms with Crippen LogP contribution in [0.15, 0.2) is 0 Å². The van der Waals surface area contributed by atoms with Crippen molar-refractivity contribution in [2.45, 2.75) is 53.1 Å². The third kappa shape index (κ3) is 5.72. The predicted octanol–water partition coefficient (Wildman–Crippen LogP) is 4.58. The summed E-state index contributed by atoms with van der Waals surface area (Å²) in [7, 11) is 0. The van der Waals surface area contributed by atoms with Crippen molar-refractivity contribution >= 4 is 0 Å². The van der Waals surface area contributed by atoms with Crippen molar-refractivity contribution in [1.82, 2.24) is 4.90 Å². The van der Waals surface area contributed by atoms with Crippen molar-refractivity contribution in [3.8, 4) is 0 Å². The third-order valence-electron chi connectivity index (χ3n) is 4.43. The minimum Gasteiger partial charge on any atom is -0.303 e. The lowest BCUT2D eigenvalue weighted by Crippen LogP contribution is -2.39. The summed E-state index contributed by atoms with van der Waals surface area (Å²) in [6.45, 7) is 10.9. The van der Waals surface area contributed by atoms with E-state index in [2.05, 4.69) is 27.7 Å². The Labute approximate surface area is 115 Å². The maximum absolute atomic E-state index is 12.2.